The molecule has 26 heavy (non-hydrogen) atoms. The van der Waals surface area contributed by atoms with Gasteiger partial charge in [-0.1, -0.05) is 12.1 Å². The van der Waals surface area contributed by atoms with Crippen molar-refractivity contribution < 1.29 is 8.42 Å². The Morgan fingerprint density at radius 2 is 2.12 bits per heavy atom. The highest BCUT2D eigenvalue weighted by atomic mass is 35.5. The first-order chi connectivity index (χ1) is 12.4. The Hall–Kier alpha value is -2.45. The summed E-state index contributed by atoms with van der Waals surface area (Å²) in [5.74, 6) is 0. The Bertz CT molecular complexity index is 1090. The first kappa shape index (κ1) is 17.0. The van der Waals surface area contributed by atoms with Crippen LogP contribution in [-0.4, -0.2) is 34.4 Å². The van der Waals surface area contributed by atoms with Gasteiger partial charge < -0.3 is 0 Å². The molecule has 2 aromatic heterocycles. The molecule has 0 saturated heterocycles. The van der Waals surface area contributed by atoms with Crippen molar-refractivity contribution in [1.29, 1.82) is 0 Å². The number of nitrogens with zero attached hydrogens (tertiary/aromatic N) is 4. The van der Waals surface area contributed by atoms with Crippen molar-refractivity contribution in [2.24, 2.45) is 0 Å². The summed E-state index contributed by atoms with van der Waals surface area (Å²) in [4.78, 5) is 8.30. The third kappa shape index (κ3) is 3.30. The molecule has 0 aliphatic carbocycles. The summed E-state index contributed by atoms with van der Waals surface area (Å²) in [6, 6.07) is 8.98. The van der Waals surface area contributed by atoms with Gasteiger partial charge in [-0.15, -0.1) is 0 Å². The van der Waals surface area contributed by atoms with Gasteiger partial charge in [0.2, 0.25) is 15.3 Å². The predicted octanol–water partition coefficient (Wildman–Crippen LogP) is 2.98. The monoisotopic (exact) mass is 389 g/mol. The van der Waals surface area contributed by atoms with Gasteiger partial charge in [0.05, 0.1) is 11.9 Å². The maximum Gasteiger partial charge on any atom is 0.229 e. The minimum Gasteiger partial charge on any atom is -0.284 e. The zero-order chi connectivity index (χ0) is 18.3. The van der Waals surface area contributed by atoms with Gasteiger partial charge >= 0.3 is 0 Å². The summed E-state index contributed by atoms with van der Waals surface area (Å²) in [5, 5.41) is 4.92. The lowest BCUT2D eigenvalue weighted by atomic mass is 10.0. The number of benzene rings is 1. The third-order valence-electron chi connectivity index (χ3n) is 4.16. The van der Waals surface area contributed by atoms with E-state index in [2.05, 4.69) is 14.7 Å². The predicted molar refractivity (Wildman–Crippen MR) is 100 cm³/mol. The molecule has 0 spiro atoms. The Labute approximate surface area is 156 Å². The van der Waals surface area contributed by atoms with E-state index in [4.69, 9.17) is 16.7 Å². The van der Waals surface area contributed by atoms with Crippen LogP contribution in [0, 0.1) is 0 Å². The SMILES string of the molecule is CS(=O)(=O)Nc1cccc(-c2nn3c(c2-c2ccnc(Cl)n2)CCC3)c1. The van der Waals surface area contributed by atoms with Crippen LogP contribution in [0.4, 0.5) is 5.69 Å². The van der Waals surface area contributed by atoms with Crippen LogP contribution in [0.25, 0.3) is 22.5 Å². The van der Waals surface area contributed by atoms with E-state index in [-0.39, 0.29) is 5.28 Å². The molecule has 9 heteroatoms. The van der Waals surface area contributed by atoms with Gasteiger partial charge in [0, 0.05) is 35.2 Å². The van der Waals surface area contributed by atoms with Crippen molar-refractivity contribution in [3.63, 3.8) is 0 Å². The van der Waals surface area contributed by atoms with Crippen LogP contribution in [0.2, 0.25) is 5.28 Å². The minimum absolute atomic E-state index is 0.180. The number of halogens is 1. The fourth-order valence-electron chi connectivity index (χ4n) is 3.22. The van der Waals surface area contributed by atoms with Crippen LogP contribution < -0.4 is 4.72 Å². The van der Waals surface area contributed by atoms with E-state index >= 15 is 0 Å². The van der Waals surface area contributed by atoms with Crippen molar-refractivity contribution in [2.45, 2.75) is 19.4 Å². The van der Waals surface area contributed by atoms with Gasteiger partial charge in [0.25, 0.3) is 0 Å². The molecule has 1 aliphatic rings. The largest absolute Gasteiger partial charge is 0.284 e. The number of sulfonamides is 1. The second-order valence-corrected chi connectivity index (χ2v) is 8.25. The molecule has 0 radical (unpaired) electrons. The number of rotatable bonds is 4. The molecule has 4 rings (SSSR count). The van der Waals surface area contributed by atoms with E-state index in [9.17, 15) is 8.42 Å². The molecule has 7 nitrogen and oxygen atoms in total. The quantitative estimate of drug-likeness (QED) is 0.693. The average molecular weight is 390 g/mol. The van der Waals surface area contributed by atoms with Crippen molar-refractivity contribution in [1.82, 2.24) is 19.7 Å². The average Bonchev–Trinajstić information content (AvgIpc) is 3.14. The third-order valence-corrected chi connectivity index (χ3v) is 4.95. The lowest BCUT2D eigenvalue weighted by Gasteiger charge is -2.08. The number of nitrogens with one attached hydrogen (secondary N) is 1. The highest BCUT2D eigenvalue weighted by Gasteiger charge is 2.25. The molecule has 134 valence electrons. The smallest absolute Gasteiger partial charge is 0.229 e. The summed E-state index contributed by atoms with van der Waals surface area (Å²) in [7, 11) is -3.35. The molecule has 1 N–H and O–H groups in total. The normalized spacial score (nSPS) is 13.6. The fraction of sp³-hybridized carbons (Fsp3) is 0.235. The first-order valence-electron chi connectivity index (χ1n) is 8.07. The van der Waals surface area contributed by atoms with Crippen molar-refractivity contribution in [3.05, 3.63) is 47.5 Å². The topological polar surface area (TPSA) is 89.8 Å². The first-order valence-corrected chi connectivity index (χ1v) is 10.3. The summed E-state index contributed by atoms with van der Waals surface area (Å²) < 4.78 is 27.5. The van der Waals surface area contributed by atoms with Crippen LogP contribution in [-0.2, 0) is 23.0 Å². The van der Waals surface area contributed by atoms with Crippen molar-refractivity contribution >= 4 is 27.3 Å². The molecule has 1 aliphatic heterocycles. The van der Waals surface area contributed by atoms with Gasteiger partial charge in [-0.2, -0.15) is 5.10 Å². The number of hydrogen-bond acceptors (Lipinski definition) is 5. The summed E-state index contributed by atoms with van der Waals surface area (Å²) in [6.45, 7) is 0.850. The maximum atomic E-state index is 11.5. The van der Waals surface area contributed by atoms with E-state index in [1.807, 2.05) is 16.8 Å². The molecule has 3 heterocycles. The molecule has 0 saturated carbocycles. The van der Waals surface area contributed by atoms with E-state index in [1.165, 1.54) is 0 Å². The molecular weight excluding hydrogens is 374 g/mol. The van der Waals surface area contributed by atoms with Crippen LogP contribution in [0.15, 0.2) is 36.5 Å². The summed E-state index contributed by atoms with van der Waals surface area (Å²) >= 11 is 5.98. The molecule has 1 aromatic carbocycles. The molecule has 0 unspecified atom stereocenters. The van der Waals surface area contributed by atoms with Crippen LogP contribution in [0.1, 0.15) is 12.1 Å². The Morgan fingerprint density at radius 3 is 2.88 bits per heavy atom. The second-order valence-electron chi connectivity index (χ2n) is 6.16. The Morgan fingerprint density at radius 1 is 1.27 bits per heavy atom. The van der Waals surface area contributed by atoms with E-state index in [0.717, 1.165) is 48.2 Å². The van der Waals surface area contributed by atoms with E-state index in [0.29, 0.717) is 11.4 Å². The zero-order valence-corrected chi connectivity index (χ0v) is 15.5. The second kappa shape index (κ2) is 6.37. The number of hydrogen-bond donors (Lipinski definition) is 1. The number of aryl methyl sites for hydroxylation is 1. The van der Waals surface area contributed by atoms with Gasteiger partial charge in [-0.05, 0) is 42.6 Å². The highest BCUT2D eigenvalue weighted by Crippen LogP contribution is 2.37. The maximum absolute atomic E-state index is 11.5. The minimum atomic E-state index is -3.35. The number of fused-ring (bicyclic) bond motifs is 1. The van der Waals surface area contributed by atoms with Gasteiger partial charge in [-0.25, -0.2) is 18.4 Å². The Balaban J connectivity index is 1.87. The molecular formula is C17H16ClN5O2S. The summed E-state index contributed by atoms with van der Waals surface area (Å²) in [6.07, 6.45) is 4.68. The lowest BCUT2D eigenvalue weighted by Crippen LogP contribution is -2.09. The summed E-state index contributed by atoms with van der Waals surface area (Å²) in [5.41, 5.74) is 4.80. The highest BCUT2D eigenvalue weighted by molar-refractivity contribution is 7.92. The van der Waals surface area contributed by atoms with Crippen LogP contribution in [0.5, 0.6) is 0 Å². The van der Waals surface area contributed by atoms with Gasteiger partial charge in [0.15, 0.2) is 0 Å². The van der Waals surface area contributed by atoms with Crippen molar-refractivity contribution in [3.8, 4) is 22.5 Å². The number of anilines is 1. The van der Waals surface area contributed by atoms with Crippen molar-refractivity contribution in [2.75, 3.05) is 11.0 Å². The fourth-order valence-corrected chi connectivity index (χ4v) is 3.92. The van der Waals surface area contributed by atoms with Gasteiger partial charge in [0.1, 0.15) is 5.69 Å². The zero-order valence-electron chi connectivity index (χ0n) is 14.0. The van der Waals surface area contributed by atoms with E-state index < -0.39 is 10.0 Å². The molecule has 3 aromatic rings. The van der Waals surface area contributed by atoms with E-state index in [1.54, 1.807) is 24.4 Å². The Kier molecular flexibility index (Phi) is 4.16. The van der Waals surface area contributed by atoms with Gasteiger partial charge in [-0.3, -0.25) is 9.40 Å². The molecule has 0 amide bonds. The number of aromatic nitrogens is 4. The lowest BCUT2D eigenvalue weighted by molar-refractivity contribution is 0.607. The van der Waals surface area contributed by atoms with Crippen LogP contribution in [0.3, 0.4) is 0 Å². The van der Waals surface area contributed by atoms with Crippen LogP contribution >= 0.6 is 11.6 Å². The molecule has 0 atom stereocenters. The molecule has 0 bridgehead atoms. The standard InChI is InChI=1S/C17H16ClN5O2S/c1-26(24,25)22-12-5-2-4-11(10-12)16-15(13-7-8-19-17(18)20-13)14-6-3-9-23(14)21-16/h2,4-5,7-8,10,22H,3,6,9H2,1H3. The molecule has 0 fully saturated rings.